The lowest BCUT2D eigenvalue weighted by Crippen LogP contribution is -2.52. The van der Waals surface area contributed by atoms with E-state index in [1.54, 1.807) is 0 Å². The van der Waals surface area contributed by atoms with Crippen molar-refractivity contribution >= 4 is 24.4 Å². The van der Waals surface area contributed by atoms with Gasteiger partial charge in [-0.1, -0.05) is 174 Å². The SMILES string of the molecule is c1ccc(-c2ccc([Si](c3ccccc3)c3ccccc3)c(-c3ccccc3)c2-c2ccccc2)cc1. The van der Waals surface area contributed by atoms with E-state index in [1.165, 1.54) is 48.9 Å². The van der Waals surface area contributed by atoms with Crippen molar-refractivity contribution in [1.29, 1.82) is 0 Å². The summed E-state index contributed by atoms with van der Waals surface area (Å²) in [4.78, 5) is 0. The van der Waals surface area contributed by atoms with Gasteiger partial charge in [0.25, 0.3) is 0 Å². The summed E-state index contributed by atoms with van der Waals surface area (Å²) < 4.78 is 0. The van der Waals surface area contributed by atoms with Gasteiger partial charge in [-0.15, -0.1) is 0 Å². The van der Waals surface area contributed by atoms with E-state index in [-0.39, 0.29) is 0 Å². The molecule has 0 saturated heterocycles. The standard InChI is InChI=1S/C36H27Si/c1-6-16-28(17-7-1)33-26-27-34(37(31-22-12-4-13-23-31)32-24-14-5-15-25-32)36(30-20-10-3-11-21-30)35(33)29-18-8-2-9-19-29/h1-27H. The molecule has 37 heavy (non-hydrogen) atoms. The minimum absolute atomic E-state index is 1.23. The summed E-state index contributed by atoms with van der Waals surface area (Å²) in [5, 5.41) is 4.19. The van der Waals surface area contributed by atoms with Crippen LogP contribution in [0.25, 0.3) is 33.4 Å². The van der Waals surface area contributed by atoms with E-state index in [0.29, 0.717) is 0 Å². The fourth-order valence-corrected chi connectivity index (χ4v) is 7.94. The Bertz CT molecular complexity index is 1540. The van der Waals surface area contributed by atoms with E-state index >= 15 is 0 Å². The summed E-state index contributed by atoms with van der Waals surface area (Å²) in [6.45, 7) is 0. The molecule has 0 unspecified atom stereocenters. The fraction of sp³-hybridized carbons (Fsp3) is 0. The molecule has 0 aromatic heterocycles. The fourth-order valence-electron chi connectivity index (χ4n) is 5.17. The molecule has 0 atom stereocenters. The molecule has 1 radical (unpaired) electrons. The summed E-state index contributed by atoms with van der Waals surface area (Å²) in [6, 6.07) is 59.4. The van der Waals surface area contributed by atoms with Crippen LogP contribution < -0.4 is 15.6 Å². The third kappa shape index (κ3) is 4.70. The van der Waals surface area contributed by atoms with Crippen LogP contribution in [0.2, 0.25) is 0 Å². The normalized spacial score (nSPS) is 10.9. The van der Waals surface area contributed by atoms with Gasteiger partial charge in [0.2, 0.25) is 0 Å². The van der Waals surface area contributed by atoms with E-state index in [9.17, 15) is 0 Å². The number of hydrogen-bond acceptors (Lipinski definition) is 0. The molecule has 1 heteroatoms. The highest BCUT2D eigenvalue weighted by Gasteiger charge is 2.26. The average molecular weight is 488 g/mol. The molecule has 0 saturated carbocycles. The van der Waals surface area contributed by atoms with E-state index < -0.39 is 8.80 Å². The van der Waals surface area contributed by atoms with Crippen molar-refractivity contribution in [3.63, 3.8) is 0 Å². The summed E-state index contributed by atoms with van der Waals surface area (Å²) in [7, 11) is -1.28. The Labute approximate surface area is 221 Å². The Morgan fingerprint density at radius 2 is 0.676 bits per heavy atom. The second kappa shape index (κ2) is 10.7. The van der Waals surface area contributed by atoms with Gasteiger partial charge in [-0.2, -0.15) is 0 Å². The maximum absolute atomic E-state index is 2.39. The summed E-state index contributed by atoms with van der Waals surface area (Å²) >= 11 is 0. The predicted molar refractivity (Wildman–Crippen MR) is 160 cm³/mol. The minimum Gasteiger partial charge on any atom is -0.0624 e. The van der Waals surface area contributed by atoms with Crippen LogP contribution in [0.4, 0.5) is 0 Å². The van der Waals surface area contributed by atoms with Gasteiger partial charge in [-0.25, -0.2) is 0 Å². The summed E-state index contributed by atoms with van der Waals surface area (Å²) in [5.74, 6) is 0. The van der Waals surface area contributed by atoms with Gasteiger partial charge in [0.1, 0.15) is 0 Å². The van der Waals surface area contributed by atoms with Crippen molar-refractivity contribution in [3.8, 4) is 33.4 Å². The first-order chi connectivity index (χ1) is 18.4. The van der Waals surface area contributed by atoms with Gasteiger partial charge in [0.05, 0.1) is 0 Å². The highest BCUT2D eigenvalue weighted by atomic mass is 28.3. The molecule has 0 heterocycles. The van der Waals surface area contributed by atoms with Crippen molar-refractivity contribution < 1.29 is 0 Å². The Morgan fingerprint density at radius 1 is 0.297 bits per heavy atom. The van der Waals surface area contributed by atoms with Crippen LogP contribution in [0, 0.1) is 0 Å². The highest BCUT2D eigenvalue weighted by molar-refractivity contribution is 6.96. The van der Waals surface area contributed by atoms with Gasteiger partial charge < -0.3 is 0 Å². The van der Waals surface area contributed by atoms with Crippen LogP contribution in [0.1, 0.15) is 0 Å². The molecule has 6 aromatic rings. The molecule has 0 fully saturated rings. The lowest BCUT2D eigenvalue weighted by Gasteiger charge is -2.25. The average Bonchev–Trinajstić information content (AvgIpc) is 2.99. The third-order valence-corrected chi connectivity index (χ3v) is 9.59. The minimum atomic E-state index is -1.28. The number of hydrogen-bond donors (Lipinski definition) is 0. The van der Waals surface area contributed by atoms with E-state index in [4.69, 9.17) is 0 Å². The molecular weight excluding hydrogens is 460 g/mol. The molecule has 0 N–H and O–H groups in total. The van der Waals surface area contributed by atoms with Crippen LogP contribution in [0.15, 0.2) is 164 Å². The van der Waals surface area contributed by atoms with Crippen molar-refractivity contribution in [2.45, 2.75) is 0 Å². The first-order valence-electron chi connectivity index (χ1n) is 12.7. The lowest BCUT2D eigenvalue weighted by atomic mass is 9.87. The Balaban J connectivity index is 1.73. The van der Waals surface area contributed by atoms with Crippen LogP contribution >= 0.6 is 0 Å². The largest absolute Gasteiger partial charge is 0.155 e. The molecule has 6 aromatic carbocycles. The topological polar surface area (TPSA) is 0 Å². The number of benzene rings is 6. The van der Waals surface area contributed by atoms with Gasteiger partial charge in [-0.05, 0) is 38.6 Å². The van der Waals surface area contributed by atoms with Crippen LogP contribution in [0.5, 0.6) is 0 Å². The predicted octanol–water partition coefficient (Wildman–Crippen LogP) is 7.20. The Morgan fingerprint density at radius 3 is 1.14 bits per heavy atom. The third-order valence-electron chi connectivity index (χ3n) is 6.81. The van der Waals surface area contributed by atoms with Crippen molar-refractivity contribution in [3.05, 3.63) is 164 Å². The van der Waals surface area contributed by atoms with Crippen LogP contribution in [-0.2, 0) is 0 Å². The Hall–Kier alpha value is -4.46. The highest BCUT2D eigenvalue weighted by Crippen LogP contribution is 2.39. The van der Waals surface area contributed by atoms with Crippen LogP contribution in [-0.4, -0.2) is 8.80 Å². The van der Waals surface area contributed by atoms with Gasteiger partial charge in [0, 0.05) is 0 Å². The molecule has 0 amide bonds. The van der Waals surface area contributed by atoms with Crippen LogP contribution in [0.3, 0.4) is 0 Å². The second-order valence-electron chi connectivity index (χ2n) is 9.12. The van der Waals surface area contributed by atoms with Crippen molar-refractivity contribution in [1.82, 2.24) is 0 Å². The molecule has 0 aliphatic heterocycles. The molecule has 175 valence electrons. The summed E-state index contributed by atoms with van der Waals surface area (Å²) in [5.41, 5.74) is 7.61. The zero-order valence-corrected chi connectivity index (χ0v) is 21.6. The summed E-state index contributed by atoms with van der Waals surface area (Å²) in [6.07, 6.45) is 0. The zero-order chi connectivity index (χ0) is 24.9. The van der Waals surface area contributed by atoms with Crippen molar-refractivity contribution in [2.75, 3.05) is 0 Å². The first-order valence-corrected chi connectivity index (χ1v) is 14.2. The molecule has 6 rings (SSSR count). The van der Waals surface area contributed by atoms with Gasteiger partial charge >= 0.3 is 0 Å². The molecule has 0 aliphatic rings. The first kappa shape index (κ1) is 23.0. The van der Waals surface area contributed by atoms with E-state index in [2.05, 4.69) is 164 Å². The Kier molecular flexibility index (Phi) is 6.61. The second-order valence-corrected chi connectivity index (χ2v) is 11.6. The molecule has 0 aliphatic carbocycles. The van der Waals surface area contributed by atoms with Gasteiger partial charge in [0.15, 0.2) is 8.80 Å². The maximum Gasteiger partial charge on any atom is 0.155 e. The monoisotopic (exact) mass is 487 g/mol. The van der Waals surface area contributed by atoms with E-state index in [0.717, 1.165) is 0 Å². The molecular formula is C36H27Si. The zero-order valence-electron chi connectivity index (χ0n) is 20.6. The quantitative estimate of drug-likeness (QED) is 0.172. The molecule has 0 bridgehead atoms. The lowest BCUT2D eigenvalue weighted by molar-refractivity contribution is 1.57. The number of rotatable bonds is 6. The van der Waals surface area contributed by atoms with E-state index in [1.807, 2.05) is 0 Å². The molecule has 0 spiro atoms. The van der Waals surface area contributed by atoms with Gasteiger partial charge in [-0.3, -0.25) is 0 Å². The molecule has 0 nitrogen and oxygen atoms in total. The van der Waals surface area contributed by atoms with Crippen molar-refractivity contribution in [2.24, 2.45) is 0 Å². The smallest absolute Gasteiger partial charge is 0.0624 e. The maximum atomic E-state index is 2.39.